The first-order valence-electron chi connectivity index (χ1n) is 10.0. The van der Waals surface area contributed by atoms with E-state index in [1.807, 2.05) is 31.2 Å². The van der Waals surface area contributed by atoms with Gasteiger partial charge in [0.2, 0.25) is 11.8 Å². The van der Waals surface area contributed by atoms with E-state index >= 15 is 0 Å². The number of amides is 2. The van der Waals surface area contributed by atoms with Crippen LogP contribution >= 0.6 is 11.6 Å². The van der Waals surface area contributed by atoms with Crippen molar-refractivity contribution in [3.8, 4) is 6.07 Å². The fourth-order valence-electron chi connectivity index (χ4n) is 3.98. The van der Waals surface area contributed by atoms with Gasteiger partial charge in [0.15, 0.2) is 0 Å². The fraction of sp³-hybridized carbons (Fsp3) is 0.500. The first-order valence-corrected chi connectivity index (χ1v) is 10.4. The Morgan fingerprint density at radius 3 is 2.70 bits per heavy atom. The molecule has 1 aromatic rings. The highest BCUT2D eigenvalue weighted by molar-refractivity contribution is 6.30. The topological polar surface area (TPSA) is 76.4 Å². The molecular formula is C22H26ClFN4O2. The summed E-state index contributed by atoms with van der Waals surface area (Å²) in [7, 11) is 1.76. The molecule has 3 rings (SSSR count). The van der Waals surface area contributed by atoms with Crippen LogP contribution in [-0.2, 0) is 9.59 Å². The minimum Gasteiger partial charge on any atom is -0.380 e. The second kappa shape index (κ2) is 9.05. The summed E-state index contributed by atoms with van der Waals surface area (Å²) in [6.45, 7) is 1.94. The Hall–Kier alpha value is -2.59. The molecule has 1 aliphatic carbocycles. The number of hydrogen-bond acceptors (Lipinski definition) is 4. The fourth-order valence-corrected chi connectivity index (χ4v) is 4.10. The Morgan fingerprint density at radius 1 is 1.40 bits per heavy atom. The van der Waals surface area contributed by atoms with Gasteiger partial charge in [-0.2, -0.15) is 5.26 Å². The molecule has 8 heteroatoms. The second-order valence-electron chi connectivity index (χ2n) is 8.21. The molecule has 0 radical (unpaired) electrons. The van der Waals surface area contributed by atoms with E-state index in [0.717, 1.165) is 11.4 Å². The smallest absolute Gasteiger partial charge is 0.243 e. The van der Waals surface area contributed by atoms with Gasteiger partial charge in [-0.1, -0.05) is 24.6 Å². The van der Waals surface area contributed by atoms with E-state index in [2.05, 4.69) is 5.32 Å². The molecule has 30 heavy (non-hydrogen) atoms. The lowest BCUT2D eigenvalue weighted by Crippen LogP contribution is -2.43. The van der Waals surface area contributed by atoms with Crippen molar-refractivity contribution in [1.29, 1.82) is 5.26 Å². The Bertz CT molecular complexity index is 882. The van der Waals surface area contributed by atoms with Crippen LogP contribution in [0.1, 0.15) is 32.6 Å². The second-order valence-corrected chi connectivity index (χ2v) is 8.65. The standard InChI is InChI=1S/C22H26ClFN4O2/c1-22(21(30)27(2)18-5-3-15(23)4-6-18)9-7-17(8-10-22)26-13-20(29)28-14-16(24)11-19(28)12-25/h3-7,16,19,26H,8-11,13-14H2,1-2H3/t16-,19-,22?/m0/s1. The van der Waals surface area contributed by atoms with E-state index in [1.165, 1.54) is 4.90 Å². The third kappa shape index (κ3) is 4.76. The van der Waals surface area contributed by atoms with Crippen LogP contribution in [0.3, 0.4) is 0 Å². The Balaban J connectivity index is 1.56. The molecule has 1 aromatic carbocycles. The first kappa shape index (κ1) is 22.1. The van der Waals surface area contributed by atoms with Crippen molar-refractivity contribution >= 4 is 29.1 Å². The third-order valence-corrected chi connectivity index (χ3v) is 6.22. The van der Waals surface area contributed by atoms with E-state index in [-0.39, 0.29) is 31.3 Å². The summed E-state index contributed by atoms with van der Waals surface area (Å²) in [5, 5.41) is 12.8. The predicted molar refractivity (Wildman–Crippen MR) is 114 cm³/mol. The molecule has 1 aliphatic heterocycles. The van der Waals surface area contributed by atoms with Crippen molar-refractivity contribution in [1.82, 2.24) is 10.2 Å². The highest BCUT2D eigenvalue weighted by Crippen LogP contribution is 2.37. The molecule has 1 heterocycles. The molecule has 6 nitrogen and oxygen atoms in total. The van der Waals surface area contributed by atoms with Crippen LogP contribution in [0.25, 0.3) is 0 Å². The van der Waals surface area contributed by atoms with Crippen molar-refractivity contribution in [3.63, 3.8) is 0 Å². The number of nitrogens with zero attached hydrogens (tertiary/aromatic N) is 3. The normalized spacial score (nSPS) is 26.0. The minimum absolute atomic E-state index is 0.0199. The summed E-state index contributed by atoms with van der Waals surface area (Å²) in [5.41, 5.74) is 1.14. The van der Waals surface area contributed by atoms with E-state index in [4.69, 9.17) is 16.9 Å². The van der Waals surface area contributed by atoms with E-state index in [1.54, 1.807) is 24.1 Å². The van der Waals surface area contributed by atoms with Gasteiger partial charge >= 0.3 is 0 Å². The highest BCUT2D eigenvalue weighted by Gasteiger charge is 2.38. The number of alkyl halides is 1. The number of anilines is 1. The Kier molecular flexibility index (Phi) is 6.67. The monoisotopic (exact) mass is 432 g/mol. The van der Waals surface area contributed by atoms with Crippen LogP contribution in [-0.4, -0.2) is 49.1 Å². The summed E-state index contributed by atoms with van der Waals surface area (Å²) in [4.78, 5) is 28.4. The lowest BCUT2D eigenvalue weighted by atomic mass is 9.76. The van der Waals surface area contributed by atoms with Gasteiger partial charge in [0.05, 0.1) is 24.6 Å². The van der Waals surface area contributed by atoms with E-state index in [0.29, 0.717) is 24.3 Å². The van der Waals surface area contributed by atoms with E-state index < -0.39 is 17.6 Å². The summed E-state index contributed by atoms with van der Waals surface area (Å²) in [6.07, 6.45) is 2.72. The zero-order chi connectivity index (χ0) is 21.9. The maximum atomic E-state index is 13.5. The number of halogens is 2. The number of carbonyl (C=O) groups is 2. The molecule has 0 saturated carbocycles. The molecule has 160 valence electrons. The van der Waals surface area contributed by atoms with Gasteiger partial charge in [-0.25, -0.2) is 4.39 Å². The average Bonchev–Trinajstić information content (AvgIpc) is 3.13. The van der Waals surface area contributed by atoms with Crippen molar-refractivity contribution in [2.75, 3.05) is 25.0 Å². The SMILES string of the molecule is CN(C(=O)C1(C)CC=C(NCC(=O)N2C[C@@H](F)C[C@H]2C#N)CC1)c1ccc(Cl)cc1. The summed E-state index contributed by atoms with van der Waals surface area (Å²) in [6, 6.07) is 8.43. The van der Waals surface area contributed by atoms with Crippen LogP contribution in [0.15, 0.2) is 36.0 Å². The molecule has 1 unspecified atom stereocenters. The van der Waals surface area contributed by atoms with Crippen molar-refractivity contribution in [3.05, 3.63) is 41.1 Å². The van der Waals surface area contributed by atoms with Crippen molar-refractivity contribution in [2.24, 2.45) is 5.41 Å². The number of carbonyl (C=O) groups excluding carboxylic acids is 2. The zero-order valence-electron chi connectivity index (χ0n) is 17.2. The van der Waals surface area contributed by atoms with Crippen LogP contribution in [0.5, 0.6) is 0 Å². The number of hydrogen-bond donors (Lipinski definition) is 1. The van der Waals surface area contributed by atoms with Crippen LogP contribution in [0.2, 0.25) is 5.02 Å². The minimum atomic E-state index is -1.14. The number of benzene rings is 1. The van der Waals surface area contributed by atoms with Gasteiger partial charge in [-0.3, -0.25) is 9.59 Å². The Morgan fingerprint density at radius 2 is 2.10 bits per heavy atom. The first-order chi connectivity index (χ1) is 14.2. The molecule has 2 aliphatic rings. The van der Waals surface area contributed by atoms with Gasteiger partial charge in [0.25, 0.3) is 0 Å². The van der Waals surface area contributed by atoms with Gasteiger partial charge in [0, 0.05) is 29.9 Å². The quantitative estimate of drug-likeness (QED) is 0.773. The Labute approximate surface area is 181 Å². The van der Waals surface area contributed by atoms with Crippen molar-refractivity contribution in [2.45, 2.75) is 44.8 Å². The largest absolute Gasteiger partial charge is 0.380 e. The molecule has 2 amide bonds. The average molecular weight is 433 g/mol. The maximum absolute atomic E-state index is 13.5. The van der Waals surface area contributed by atoms with Crippen LogP contribution in [0, 0.1) is 16.7 Å². The molecule has 1 N–H and O–H groups in total. The highest BCUT2D eigenvalue weighted by atomic mass is 35.5. The van der Waals surface area contributed by atoms with Crippen LogP contribution in [0.4, 0.5) is 10.1 Å². The van der Waals surface area contributed by atoms with Gasteiger partial charge in [-0.05, 0) is 43.5 Å². The number of allylic oxidation sites excluding steroid dienone is 2. The molecular weight excluding hydrogens is 407 g/mol. The predicted octanol–water partition coefficient (Wildman–Crippen LogP) is 3.43. The molecule has 1 saturated heterocycles. The van der Waals surface area contributed by atoms with Gasteiger partial charge in [0.1, 0.15) is 12.2 Å². The summed E-state index contributed by atoms with van der Waals surface area (Å²) < 4.78 is 13.5. The molecule has 0 aromatic heterocycles. The van der Waals surface area contributed by atoms with E-state index in [9.17, 15) is 14.0 Å². The summed E-state index contributed by atoms with van der Waals surface area (Å²) >= 11 is 5.93. The number of nitrogens with one attached hydrogen (secondary N) is 1. The lowest BCUT2D eigenvalue weighted by molar-refractivity contribution is -0.130. The number of rotatable bonds is 5. The molecule has 0 bridgehead atoms. The third-order valence-electron chi connectivity index (χ3n) is 5.97. The number of nitriles is 1. The molecule has 1 fully saturated rings. The van der Waals surface area contributed by atoms with Gasteiger partial charge in [-0.15, -0.1) is 0 Å². The molecule has 0 spiro atoms. The molecule has 3 atom stereocenters. The van der Waals surface area contributed by atoms with Crippen molar-refractivity contribution < 1.29 is 14.0 Å². The number of likely N-dealkylation sites (tertiary alicyclic amines) is 1. The van der Waals surface area contributed by atoms with Gasteiger partial charge < -0.3 is 15.1 Å². The lowest BCUT2D eigenvalue weighted by Gasteiger charge is -2.35. The van der Waals surface area contributed by atoms with Crippen LogP contribution < -0.4 is 10.2 Å². The zero-order valence-corrected chi connectivity index (χ0v) is 18.0. The maximum Gasteiger partial charge on any atom is 0.243 e. The summed E-state index contributed by atoms with van der Waals surface area (Å²) in [5.74, 6) is -0.256.